The average Bonchev–Trinajstić information content (AvgIpc) is 3.59. The van der Waals surface area contributed by atoms with E-state index < -0.39 is 35.9 Å². The minimum Gasteiger partial charge on any atom is -0.443 e. The van der Waals surface area contributed by atoms with Crippen molar-refractivity contribution in [3.05, 3.63) is 76.6 Å². The highest BCUT2D eigenvalue weighted by molar-refractivity contribution is 5.93. The fourth-order valence-electron chi connectivity index (χ4n) is 6.60. The zero-order chi connectivity index (χ0) is 27.1. The highest BCUT2D eigenvalue weighted by Gasteiger charge is 2.52. The van der Waals surface area contributed by atoms with Gasteiger partial charge in [0.1, 0.15) is 12.1 Å². The molecule has 9 heteroatoms. The average molecular weight is 535 g/mol. The minimum atomic E-state index is -1.01. The number of carbonyl (C=O) groups is 2. The second-order valence-corrected chi connectivity index (χ2v) is 11.3. The Hall–Kier alpha value is -3.51. The molecule has 3 atom stereocenters. The lowest BCUT2D eigenvalue weighted by Gasteiger charge is -2.35. The summed E-state index contributed by atoms with van der Waals surface area (Å²) in [6.45, 7) is 8.72. The summed E-state index contributed by atoms with van der Waals surface area (Å²) in [6, 6.07) is 10.5. The van der Waals surface area contributed by atoms with Gasteiger partial charge < -0.3 is 10.1 Å². The number of amides is 3. The number of rotatable bonds is 5. The minimum absolute atomic E-state index is 0.102. The highest BCUT2D eigenvalue weighted by Crippen LogP contribution is 2.46. The number of nitrogens with zero attached hydrogens (tertiary/aromatic N) is 3. The summed E-state index contributed by atoms with van der Waals surface area (Å²) in [6.07, 6.45) is 5.58. The summed E-state index contributed by atoms with van der Waals surface area (Å²) < 4.78 is 33.2. The summed E-state index contributed by atoms with van der Waals surface area (Å²) >= 11 is 0. The van der Waals surface area contributed by atoms with E-state index in [0.29, 0.717) is 29.8 Å². The molecule has 0 radical (unpaired) electrons. The maximum Gasteiger partial charge on any atom is 0.419 e. The molecule has 2 saturated heterocycles. The van der Waals surface area contributed by atoms with E-state index in [1.165, 1.54) is 11.6 Å². The van der Waals surface area contributed by atoms with Gasteiger partial charge in [0.05, 0.1) is 6.57 Å². The van der Waals surface area contributed by atoms with E-state index in [0.717, 1.165) is 68.5 Å². The van der Waals surface area contributed by atoms with Gasteiger partial charge in [0.25, 0.3) is 0 Å². The van der Waals surface area contributed by atoms with Crippen LogP contribution in [0.5, 0.6) is 0 Å². The Labute approximate surface area is 226 Å². The standard InChI is InChI=1S/C30H32F2N4O3/c1-33-22-9-4-18(5-10-22)19-6-11-24(12-7-19)35-15-14-23(17-35)34-29(37)36-27(21-8-13-25(31)26(32)16-21)28(20-2-3-20)39-30(36)38/h4-5,8-10,13,16,19-20,23-24,27-28H,2-3,6-7,11-12,14-15,17H2,(H,34,37). The zero-order valence-corrected chi connectivity index (χ0v) is 21.7. The molecule has 2 heterocycles. The van der Waals surface area contributed by atoms with Crippen LogP contribution in [0.3, 0.4) is 0 Å². The Bertz CT molecular complexity index is 1280. The molecule has 0 spiro atoms. The van der Waals surface area contributed by atoms with Crippen LogP contribution in [-0.2, 0) is 4.74 Å². The molecule has 39 heavy (non-hydrogen) atoms. The third-order valence-corrected chi connectivity index (χ3v) is 8.87. The maximum atomic E-state index is 14.1. The van der Waals surface area contributed by atoms with Crippen molar-refractivity contribution in [1.29, 1.82) is 0 Å². The van der Waals surface area contributed by atoms with Crippen molar-refractivity contribution in [3.63, 3.8) is 0 Å². The molecule has 2 aliphatic heterocycles. The van der Waals surface area contributed by atoms with Gasteiger partial charge in [-0.2, -0.15) is 0 Å². The predicted octanol–water partition coefficient (Wildman–Crippen LogP) is 6.30. The van der Waals surface area contributed by atoms with Crippen LogP contribution in [0.2, 0.25) is 0 Å². The van der Waals surface area contributed by atoms with Gasteiger partial charge in [-0.3, -0.25) is 4.90 Å². The third-order valence-electron chi connectivity index (χ3n) is 8.87. The first kappa shape index (κ1) is 25.8. The van der Waals surface area contributed by atoms with Gasteiger partial charge in [0, 0.05) is 25.2 Å². The number of ether oxygens (including phenoxy) is 1. The molecule has 7 nitrogen and oxygen atoms in total. The molecule has 1 N–H and O–H groups in total. The van der Waals surface area contributed by atoms with Crippen LogP contribution in [0.25, 0.3) is 4.85 Å². The molecule has 3 unspecified atom stereocenters. The number of carbonyl (C=O) groups excluding carboxylic acids is 2. The zero-order valence-electron chi connectivity index (χ0n) is 21.7. The Kier molecular flexibility index (Phi) is 6.98. The Morgan fingerprint density at radius 2 is 1.67 bits per heavy atom. The summed E-state index contributed by atoms with van der Waals surface area (Å²) in [5.41, 5.74) is 2.32. The van der Waals surface area contributed by atoms with Crippen LogP contribution in [0.1, 0.15) is 68.0 Å². The number of imide groups is 1. The molecular weight excluding hydrogens is 502 g/mol. The smallest absolute Gasteiger partial charge is 0.419 e. The second-order valence-electron chi connectivity index (χ2n) is 11.3. The third kappa shape index (κ3) is 5.22. The fourth-order valence-corrected chi connectivity index (χ4v) is 6.60. The molecule has 3 amide bonds. The molecule has 0 aromatic heterocycles. The monoisotopic (exact) mass is 534 g/mol. The van der Waals surface area contributed by atoms with Gasteiger partial charge in [0.2, 0.25) is 0 Å². The van der Waals surface area contributed by atoms with Crippen molar-refractivity contribution in [2.75, 3.05) is 13.1 Å². The van der Waals surface area contributed by atoms with Crippen molar-refractivity contribution in [3.8, 4) is 0 Å². The van der Waals surface area contributed by atoms with Gasteiger partial charge in [-0.05, 0) is 80.0 Å². The molecule has 204 valence electrons. The van der Waals surface area contributed by atoms with Gasteiger partial charge in [-0.25, -0.2) is 28.1 Å². The molecule has 4 aliphatic rings. The first-order valence-electron chi connectivity index (χ1n) is 13.9. The summed E-state index contributed by atoms with van der Waals surface area (Å²) in [5, 5.41) is 3.02. The molecule has 2 aliphatic carbocycles. The Balaban J connectivity index is 1.07. The van der Waals surface area contributed by atoms with E-state index in [2.05, 4.69) is 27.2 Å². The van der Waals surface area contributed by atoms with Crippen LogP contribution < -0.4 is 5.32 Å². The number of benzene rings is 2. The Morgan fingerprint density at radius 3 is 2.33 bits per heavy atom. The number of nitrogens with one attached hydrogen (secondary N) is 1. The first-order chi connectivity index (χ1) is 18.9. The van der Waals surface area contributed by atoms with Gasteiger partial charge in [-0.15, -0.1) is 0 Å². The van der Waals surface area contributed by atoms with Crippen LogP contribution in [0.15, 0.2) is 42.5 Å². The topological polar surface area (TPSA) is 66.2 Å². The van der Waals surface area contributed by atoms with Crippen LogP contribution in [-0.4, -0.2) is 53.2 Å². The molecular formula is C30H32F2N4O3. The maximum absolute atomic E-state index is 14.1. The number of hydrogen-bond acceptors (Lipinski definition) is 4. The number of urea groups is 1. The summed E-state index contributed by atoms with van der Waals surface area (Å²) in [5.74, 6) is -1.36. The van der Waals surface area contributed by atoms with Gasteiger partial charge in [0.15, 0.2) is 17.3 Å². The summed E-state index contributed by atoms with van der Waals surface area (Å²) in [4.78, 5) is 33.2. The number of hydrogen-bond donors (Lipinski definition) is 1. The largest absolute Gasteiger partial charge is 0.443 e. The molecule has 2 aromatic carbocycles. The van der Waals surface area contributed by atoms with Crippen LogP contribution >= 0.6 is 0 Å². The lowest BCUT2D eigenvalue weighted by atomic mass is 9.81. The SMILES string of the molecule is [C-]#[N+]c1ccc(C2CCC(N3CCC(NC(=O)N4C(=O)OC(C5CC5)C4c4ccc(F)c(F)c4)C3)CC2)cc1. The lowest BCUT2D eigenvalue weighted by molar-refractivity contribution is 0.118. The van der Waals surface area contributed by atoms with Gasteiger partial charge >= 0.3 is 12.1 Å². The van der Waals surface area contributed by atoms with Crippen molar-refractivity contribution in [2.24, 2.45) is 5.92 Å². The molecule has 6 rings (SSSR count). The van der Waals surface area contributed by atoms with E-state index >= 15 is 0 Å². The van der Waals surface area contributed by atoms with Crippen molar-refractivity contribution < 1.29 is 23.1 Å². The lowest BCUT2D eigenvalue weighted by Crippen LogP contribution is -2.48. The fraction of sp³-hybridized carbons (Fsp3) is 0.500. The number of halogens is 2. The molecule has 2 aromatic rings. The molecule has 0 bridgehead atoms. The normalized spacial score (nSPS) is 29.2. The highest BCUT2D eigenvalue weighted by atomic mass is 19.2. The van der Waals surface area contributed by atoms with E-state index in [4.69, 9.17) is 11.3 Å². The van der Waals surface area contributed by atoms with E-state index in [1.54, 1.807) is 0 Å². The van der Waals surface area contributed by atoms with E-state index in [-0.39, 0.29) is 12.0 Å². The predicted molar refractivity (Wildman–Crippen MR) is 140 cm³/mol. The second kappa shape index (κ2) is 10.6. The van der Waals surface area contributed by atoms with Gasteiger partial charge in [-0.1, -0.05) is 30.3 Å². The van der Waals surface area contributed by atoms with Crippen LogP contribution in [0.4, 0.5) is 24.1 Å². The number of cyclic esters (lactones) is 1. The summed E-state index contributed by atoms with van der Waals surface area (Å²) in [7, 11) is 0. The van der Waals surface area contributed by atoms with Crippen molar-refractivity contribution in [2.45, 2.75) is 75.1 Å². The molecule has 4 fully saturated rings. The van der Waals surface area contributed by atoms with Crippen molar-refractivity contribution >= 4 is 17.8 Å². The first-order valence-corrected chi connectivity index (χ1v) is 13.9. The molecule has 2 saturated carbocycles. The van der Waals surface area contributed by atoms with Crippen LogP contribution in [0, 0.1) is 24.1 Å². The van der Waals surface area contributed by atoms with Crippen molar-refractivity contribution in [1.82, 2.24) is 15.1 Å². The number of likely N-dealkylation sites (tertiary alicyclic amines) is 1. The van der Waals surface area contributed by atoms with E-state index in [1.807, 2.05) is 12.1 Å². The Morgan fingerprint density at radius 1 is 0.949 bits per heavy atom. The van der Waals surface area contributed by atoms with E-state index in [9.17, 15) is 18.4 Å². The quantitative estimate of drug-likeness (QED) is 0.458.